The van der Waals surface area contributed by atoms with Crippen LogP contribution in [0.1, 0.15) is 24.2 Å². The lowest BCUT2D eigenvalue weighted by Crippen LogP contribution is -2.34. The number of rotatable bonds is 8. The number of ether oxygens (including phenoxy) is 2. The van der Waals surface area contributed by atoms with Crippen LogP contribution in [0.25, 0.3) is 0 Å². The molecule has 0 fully saturated rings. The summed E-state index contributed by atoms with van der Waals surface area (Å²) in [7, 11) is 1.46. The molecule has 29 heavy (non-hydrogen) atoms. The number of amides is 4. The Morgan fingerprint density at radius 2 is 1.62 bits per heavy atom. The Morgan fingerprint density at radius 1 is 0.966 bits per heavy atom. The van der Waals surface area contributed by atoms with E-state index in [0.29, 0.717) is 22.7 Å². The highest BCUT2D eigenvalue weighted by Gasteiger charge is 2.11. The van der Waals surface area contributed by atoms with Gasteiger partial charge in [0.2, 0.25) is 0 Å². The quantitative estimate of drug-likeness (QED) is 0.540. The van der Waals surface area contributed by atoms with Crippen LogP contribution < -0.4 is 31.2 Å². The van der Waals surface area contributed by atoms with Gasteiger partial charge in [-0.05, 0) is 50.2 Å². The van der Waals surface area contributed by atoms with Crippen molar-refractivity contribution < 1.29 is 23.9 Å². The summed E-state index contributed by atoms with van der Waals surface area (Å²) in [5, 5.41) is 8.13. The standard InChI is InChI=1S/C20H24N4O5/c1-12(2)22-20(27)24-14-6-4-13(5-7-14)19(26)23-15-8-9-16(28-3)17(10-15)29-11-18(21)25/h4-10,12H,11H2,1-3H3,(H2,21,25)(H,23,26)(H2,22,24,27). The van der Waals surface area contributed by atoms with Crippen molar-refractivity contribution in [2.24, 2.45) is 5.73 Å². The van der Waals surface area contributed by atoms with E-state index in [1.165, 1.54) is 13.2 Å². The molecule has 9 nitrogen and oxygen atoms in total. The number of hydrogen-bond donors (Lipinski definition) is 4. The fourth-order valence-corrected chi connectivity index (χ4v) is 2.35. The smallest absolute Gasteiger partial charge is 0.319 e. The number of nitrogens with two attached hydrogens (primary N) is 1. The lowest BCUT2D eigenvalue weighted by atomic mass is 10.2. The molecule has 0 radical (unpaired) electrons. The minimum absolute atomic E-state index is 0.0152. The Hall–Kier alpha value is -3.75. The van der Waals surface area contributed by atoms with Crippen LogP contribution in [0, 0.1) is 0 Å². The van der Waals surface area contributed by atoms with Crippen molar-refractivity contribution in [2.75, 3.05) is 24.4 Å². The Labute approximate surface area is 168 Å². The number of primary amides is 1. The molecule has 5 N–H and O–H groups in total. The average Bonchev–Trinajstić information content (AvgIpc) is 2.66. The van der Waals surface area contributed by atoms with E-state index < -0.39 is 5.91 Å². The second kappa shape index (κ2) is 9.98. The number of anilines is 2. The summed E-state index contributed by atoms with van der Waals surface area (Å²) in [6.45, 7) is 3.40. The zero-order valence-corrected chi connectivity index (χ0v) is 16.4. The molecular weight excluding hydrogens is 376 g/mol. The molecule has 0 bridgehead atoms. The number of urea groups is 1. The zero-order valence-electron chi connectivity index (χ0n) is 16.4. The summed E-state index contributed by atoms with van der Waals surface area (Å²) in [4.78, 5) is 35.1. The SMILES string of the molecule is COc1ccc(NC(=O)c2ccc(NC(=O)NC(C)C)cc2)cc1OCC(N)=O. The highest BCUT2D eigenvalue weighted by molar-refractivity contribution is 6.04. The molecule has 2 rings (SSSR count). The molecular formula is C20H24N4O5. The van der Waals surface area contributed by atoms with Crippen LogP contribution in [0.5, 0.6) is 11.5 Å². The minimum atomic E-state index is -0.628. The lowest BCUT2D eigenvalue weighted by Gasteiger charge is -2.12. The van der Waals surface area contributed by atoms with Gasteiger partial charge in [0.25, 0.3) is 11.8 Å². The lowest BCUT2D eigenvalue weighted by molar-refractivity contribution is -0.119. The van der Waals surface area contributed by atoms with Crippen molar-refractivity contribution in [2.45, 2.75) is 19.9 Å². The van der Waals surface area contributed by atoms with E-state index in [9.17, 15) is 14.4 Å². The molecule has 9 heteroatoms. The second-order valence-corrected chi connectivity index (χ2v) is 6.41. The number of nitrogens with one attached hydrogen (secondary N) is 3. The summed E-state index contributed by atoms with van der Waals surface area (Å²) in [5.74, 6) is -0.300. The monoisotopic (exact) mass is 400 g/mol. The third kappa shape index (κ3) is 6.73. The normalized spacial score (nSPS) is 10.2. The molecule has 0 saturated carbocycles. The van der Waals surface area contributed by atoms with Gasteiger partial charge in [-0.3, -0.25) is 9.59 Å². The van der Waals surface area contributed by atoms with Gasteiger partial charge in [0, 0.05) is 29.0 Å². The van der Waals surface area contributed by atoms with E-state index in [2.05, 4.69) is 16.0 Å². The molecule has 2 aromatic rings. The van der Waals surface area contributed by atoms with Crippen molar-refractivity contribution >= 4 is 29.2 Å². The molecule has 0 unspecified atom stereocenters. The van der Waals surface area contributed by atoms with E-state index in [4.69, 9.17) is 15.2 Å². The number of benzene rings is 2. The number of methoxy groups -OCH3 is 1. The van der Waals surface area contributed by atoms with Crippen molar-refractivity contribution in [3.8, 4) is 11.5 Å². The predicted molar refractivity (Wildman–Crippen MR) is 109 cm³/mol. The van der Waals surface area contributed by atoms with Gasteiger partial charge in [-0.25, -0.2) is 4.79 Å². The largest absolute Gasteiger partial charge is 0.493 e. The zero-order chi connectivity index (χ0) is 21.4. The topological polar surface area (TPSA) is 132 Å². The van der Waals surface area contributed by atoms with E-state index in [1.54, 1.807) is 36.4 Å². The third-order valence-electron chi connectivity index (χ3n) is 3.62. The Bertz CT molecular complexity index is 881. The highest BCUT2D eigenvalue weighted by Crippen LogP contribution is 2.30. The van der Waals surface area contributed by atoms with Crippen molar-refractivity contribution in [1.29, 1.82) is 0 Å². The van der Waals surface area contributed by atoms with Crippen LogP contribution in [-0.4, -0.2) is 37.6 Å². The molecule has 4 amide bonds. The molecule has 0 aliphatic heterocycles. The molecule has 0 saturated heterocycles. The van der Waals surface area contributed by atoms with Crippen LogP contribution in [0.4, 0.5) is 16.2 Å². The first-order chi connectivity index (χ1) is 13.8. The first-order valence-corrected chi connectivity index (χ1v) is 8.86. The van der Waals surface area contributed by atoms with Crippen molar-refractivity contribution in [3.63, 3.8) is 0 Å². The fraction of sp³-hybridized carbons (Fsp3) is 0.250. The Kier molecular flexibility index (Phi) is 7.41. The number of carbonyl (C=O) groups is 3. The van der Waals surface area contributed by atoms with Crippen LogP contribution in [0.15, 0.2) is 42.5 Å². The van der Waals surface area contributed by atoms with E-state index >= 15 is 0 Å². The fourth-order valence-electron chi connectivity index (χ4n) is 2.35. The molecule has 0 aliphatic rings. The molecule has 0 atom stereocenters. The summed E-state index contributed by atoms with van der Waals surface area (Å²) in [6, 6.07) is 10.9. The van der Waals surface area contributed by atoms with Gasteiger partial charge in [0.15, 0.2) is 18.1 Å². The predicted octanol–water partition coefficient (Wildman–Crippen LogP) is 2.34. The highest BCUT2D eigenvalue weighted by atomic mass is 16.5. The first-order valence-electron chi connectivity index (χ1n) is 8.86. The van der Waals surface area contributed by atoms with Gasteiger partial charge in [-0.1, -0.05) is 0 Å². The van der Waals surface area contributed by atoms with E-state index in [1.807, 2.05) is 13.8 Å². The Morgan fingerprint density at radius 3 is 2.21 bits per heavy atom. The summed E-state index contributed by atoms with van der Waals surface area (Å²) in [5.41, 5.74) is 6.50. The maximum atomic E-state index is 12.5. The van der Waals surface area contributed by atoms with E-state index in [-0.39, 0.29) is 30.3 Å². The van der Waals surface area contributed by atoms with Crippen molar-refractivity contribution in [1.82, 2.24) is 5.32 Å². The van der Waals surface area contributed by atoms with Gasteiger partial charge in [-0.15, -0.1) is 0 Å². The third-order valence-corrected chi connectivity index (χ3v) is 3.62. The molecule has 2 aromatic carbocycles. The average molecular weight is 400 g/mol. The van der Waals surface area contributed by atoms with Crippen LogP contribution in [-0.2, 0) is 4.79 Å². The van der Waals surface area contributed by atoms with E-state index in [0.717, 1.165) is 0 Å². The molecule has 154 valence electrons. The maximum Gasteiger partial charge on any atom is 0.319 e. The number of hydrogen-bond acceptors (Lipinski definition) is 5. The van der Waals surface area contributed by atoms with Gasteiger partial charge in [0.1, 0.15) is 0 Å². The summed E-state index contributed by atoms with van der Waals surface area (Å²) < 4.78 is 10.5. The second-order valence-electron chi connectivity index (χ2n) is 6.41. The van der Waals surface area contributed by atoms with Gasteiger partial charge in [0.05, 0.1) is 7.11 Å². The number of carbonyl (C=O) groups excluding carboxylic acids is 3. The van der Waals surface area contributed by atoms with Gasteiger partial charge in [-0.2, -0.15) is 0 Å². The first kappa shape index (κ1) is 21.5. The van der Waals surface area contributed by atoms with Gasteiger partial charge < -0.3 is 31.2 Å². The molecule has 0 aromatic heterocycles. The Balaban J connectivity index is 2.05. The summed E-state index contributed by atoms with van der Waals surface area (Å²) in [6.07, 6.45) is 0. The molecule has 0 aliphatic carbocycles. The van der Waals surface area contributed by atoms with Crippen LogP contribution in [0.2, 0.25) is 0 Å². The van der Waals surface area contributed by atoms with Gasteiger partial charge >= 0.3 is 6.03 Å². The van der Waals surface area contributed by atoms with Crippen LogP contribution >= 0.6 is 0 Å². The van der Waals surface area contributed by atoms with Crippen LogP contribution in [0.3, 0.4) is 0 Å². The summed E-state index contributed by atoms with van der Waals surface area (Å²) >= 11 is 0. The molecule has 0 heterocycles. The minimum Gasteiger partial charge on any atom is -0.493 e. The van der Waals surface area contributed by atoms with Crippen molar-refractivity contribution in [3.05, 3.63) is 48.0 Å². The molecule has 0 spiro atoms. The maximum absolute atomic E-state index is 12.5.